The minimum atomic E-state index is -4.47. The standard InChI is InChI=1S/C17H25F3N2O2/c1-12-9-21(7-8-22(12)10-13(2)23)11-16(24)14-5-3-4-6-15(14)17(18,19)20/h3-6,12-13,16,23-24H,7-11H2,1-2H3/t12-,13+,16+/m1/s1. The van der Waals surface area contributed by atoms with E-state index in [1.165, 1.54) is 18.2 Å². The number of halogens is 3. The summed E-state index contributed by atoms with van der Waals surface area (Å²) in [6.45, 7) is 6.52. The molecular weight excluding hydrogens is 321 g/mol. The zero-order valence-corrected chi connectivity index (χ0v) is 14.0. The second-order valence-corrected chi connectivity index (χ2v) is 6.55. The predicted octanol–water partition coefficient (Wildman–Crippen LogP) is 2.13. The SMILES string of the molecule is C[C@H](O)CN1CCN(C[C@H](O)c2ccccc2C(F)(F)F)C[C@H]1C. The number of alkyl halides is 3. The van der Waals surface area contributed by atoms with E-state index < -0.39 is 23.9 Å². The second-order valence-electron chi connectivity index (χ2n) is 6.55. The highest BCUT2D eigenvalue weighted by atomic mass is 19.4. The van der Waals surface area contributed by atoms with Crippen LogP contribution in [0.4, 0.5) is 13.2 Å². The van der Waals surface area contributed by atoms with Gasteiger partial charge in [0.25, 0.3) is 0 Å². The Morgan fingerprint density at radius 2 is 1.83 bits per heavy atom. The zero-order chi connectivity index (χ0) is 17.9. The maximum atomic E-state index is 13.1. The summed E-state index contributed by atoms with van der Waals surface area (Å²) in [5.74, 6) is 0. The van der Waals surface area contributed by atoms with Gasteiger partial charge in [-0.25, -0.2) is 0 Å². The van der Waals surface area contributed by atoms with E-state index in [1.807, 2.05) is 11.8 Å². The van der Waals surface area contributed by atoms with Gasteiger partial charge in [-0.1, -0.05) is 18.2 Å². The Balaban J connectivity index is 2.00. The molecule has 3 atom stereocenters. The zero-order valence-electron chi connectivity index (χ0n) is 14.0. The summed E-state index contributed by atoms with van der Waals surface area (Å²) in [5, 5.41) is 19.8. The number of aliphatic hydroxyl groups is 2. The molecule has 1 saturated heterocycles. The molecule has 1 aromatic rings. The summed E-state index contributed by atoms with van der Waals surface area (Å²) in [5.41, 5.74) is -0.859. The average Bonchev–Trinajstić information content (AvgIpc) is 2.49. The van der Waals surface area contributed by atoms with E-state index in [-0.39, 0.29) is 18.2 Å². The highest BCUT2D eigenvalue weighted by molar-refractivity contribution is 5.31. The minimum absolute atomic E-state index is 0.0796. The van der Waals surface area contributed by atoms with Crippen LogP contribution in [0.1, 0.15) is 31.1 Å². The molecule has 4 nitrogen and oxygen atoms in total. The fourth-order valence-electron chi connectivity index (χ4n) is 3.24. The van der Waals surface area contributed by atoms with Crippen LogP contribution in [-0.2, 0) is 6.18 Å². The number of benzene rings is 1. The molecule has 0 radical (unpaired) electrons. The Labute approximate surface area is 140 Å². The molecule has 1 aliphatic rings. The molecule has 1 fully saturated rings. The number of hydrogen-bond donors (Lipinski definition) is 2. The van der Waals surface area contributed by atoms with Crippen molar-refractivity contribution in [2.24, 2.45) is 0 Å². The largest absolute Gasteiger partial charge is 0.416 e. The Morgan fingerprint density at radius 1 is 1.17 bits per heavy atom. The smallest absolute Gasteiger partial charge is 0.392 e. The van der Waals surface area contributed by atoms with Crippen LogP contribution < -0.4 is 0 Å². The van der Waals surface area contributed by atoms with Crippen LogP contribution >= 0.6 is 0 Å². The van der Waals surface area contributed by atoms with Gasteiger partial charge in [0, 0.05) is 38.8 Å². The van der Waals surface area contributed by atoms with E-state index in [0.717, 1.165) is 12.6 Å². The van der Waals surface area contributed by atoms with Crippen molar-refractivity contribution in [3.8, 4) is 0 Å². The third-order valence-electron chi connectivity index (χ3n) is 4.40. The third kappa shape index (κ3) is 4.92. The summed E-state index contributed by atoms with van der Waals surface area (Å²) in [6, 6.07) is 5.35. The molecule has 1 aromatic carbocycles. The van der Waals surface area contributed by atoms with Crippen LogP contribution in [0.3, 0.4) is 0 Å². The first-order valence-corrected chi connectivity index (χ1v) is 8.17. The molecule has 24 heavy (non-hydrogen) atoms. The third-order valence-corrected chi connectivity index (χ3v) is 4.40. The molecular formula is C17H25F3N2O2. The van der Waals surface area contributed by atoms with Crippen molar-refractivity contribution >= 4 is 0 Å². The van der Waals surface area contributed by atoms with Gasteiger partial charge in [-0.05, 0) is 25.5 Å². The quantitative estimate of drug-likeness (QED) is 0.857. The predicted molar refractivity (Wildman–Crippen MR) is 85.6 cm³/mol. The molecule has 0 unspecified atom stereocenters. The molecule has 1 heterocycles. The number of β-amino-alcohol motifs (C(OH)–C–C–N with tert-alkyl or cyclic N) is 2. The van der Waals surface area contributed by atoms with E-state index in [0.29, 0.717) is 19.6 Å². The van der Waals surface area contributed by atoms with Crippen LogP contribution in [0.2, 0.25) is 0 Å². The molecule has 0 bridgehead atoms. The van der Waals surface area contributed by atoms with Crippen molar-refractivity contribution in [3.05, 3.63) is 35.4 Å². The number of aliphatic hydroxyl groups excluding tert-OH is 2. The van der Waals surface area contributed by atoms with Crippen LogP contribution in [0.15, 0.2) is 24.3 Å². The fraction of sp³-hybridized carbons (Fsp3) is 0.647. The second kappa shape index (κ2) is 7.82. The normalized spacial score (nSPS) is 23.2. The maximum absolute atomic E-state index is 13.1. The van der Waals surface area contributed by atoms with E-state index >= 15 is 0 Å². The van der Waals surface area contributed by atoms with Crippen molar-refractivity contribution < 1.29 is 23.4 Å². The van der Waals surface area contributed by atoms with Crippen molar-refractivity contribution in [1.29, 1.82) is 0 Å². The Bertz CT molecular complexity index is 537. The lowest BCUT2D eigenvalue weighted by Gasteiger charge is -2.41. The van der Waals surface area contributed by atoms with Crippen LogP contribution in [0, 0.1) is 0 Å². The van der Waals surface area contributed by atoms with E-state index in [4.69, 9.17) is 0 Å². The molecule has 7 heteroatoms. The highest BCUT2D eigenvalue weighted by Crippen LogP contribution is 2.34. The molecule has 1 aliphatic heterocycles. The van der Waals surface area contributed by atoms with Gasteiger partial charge in [-0.2, -0.15) is 13.2 Å². The lowest BCUT2D eigenvalue weighted by Crippen LogP contribution is -2.54. The number of hydrogen-bond acceptors (Lipinski definition) is 4. The van der Waals surface area contributed by atoms with Gasteiger partial charge in [0.05, 0.1) is 17.8 Å². The van der Waals surface area contributed by atoms with Crippen molar-refractivity contribution in [2.75, 3.05) is 32.7 Å². The van der Waals surface area contributed by atoms with Crippen molar-refractivity contribution in [2.45, 2.75) is 38.3 Å². The topological polar surface area (TPSA) is 46.9 Å². The van der Waals surface area contributed by atoms with Gasteiger partial charge >= 0.3 is 6.18 Å². The Kier molecular flexibility index (Phi) is 6.25. The highest BCUT2D eigenvalue weighted by Gasteiger charge is 2.35. The van der Waals surface area contributed by atoms with Gasteiger partial charge in [-0.15, -0.1) is 0 Å². The van der Waals surface area contributed by atoms with Crippen molar-refractivity contribution in [1.82, 2.24) is 9.80 Å². The van der Waals surface area contributed by atoms with Crippen LogP contribution in [0.25, 0.3) is 0 Å². The van der Waals surface area contributed by atoms with E-state index in [2.05, 4.69) is 4.90 Å². The first kappa shape index (κ1) is 19.2. The first-order chi connectivity index (χ1) is 11.2. The van der Waals surface area contributed by atoms with Crippen molar-refractivity contribution in [3.63, 3.8) is 0 Å². The molecule has 2 rings (SSSR count). The molecule has 136 valence electrons. The summed E-state index contributed by atoms with van der Waals surface area (Å²) in [7, 11) is 0. The fourth-order valence-corrected chi connectivity index (χ4v) is 3.24. The molecule has 0 spiro atoms. The van der Waals surface area contributed by atoms with Gasteiger partial charge in [0.15, 0.2) is 0 Å². The summed E-state index contributed by atoms with van der Waals surface area (Å²) >= 11 is 0. The first-order valence-electron chi connectivity index (χ1n) is 8.17. The number of piperazine rings is 1. The van der Waals surface area contributed by atoms with Gasteiger partial charge in [0.1, 0.15) is 0 Å². The lowest BCUT2D eigenvalue weighted by molar-refractivity contribution is -0.139. The molecule has 0 aliphatic carbocycles. The van der Waals surface area contributed by atoms with E-state index in [9.17, 15) is 23.4 Å². The molecule has 0 aromatic heterocycles. The number of nitrogens with zero attached hydrogens (tertiary/aromatic N) is 2. The van der Waals surface area contributed by atoms with E-state index in [1.54, 1.807) is 6.92 Å². The summed E-state index contributed by atoms with van der Waals surface area (Å²) < 4.78 is 39.2. The number of rotatable bonds is 5. The Morgan fingerprint density at radius 3 is 2.42 bits per heavy atom. The molecule has 0 saturated carbocycles. The lowest BCUT2D eigenvalue weighted by atomic mass is 10.0. The summed E-state index contributed by atoms with van der Waals surface area (Å²) in [4.78, 5) is 4.12. The summed E-state index contributed by atoms with van der Waals surface area (Å²) in [6.07, 6.45) is -6.07. The van der Waals surface area contributed by atoms with Crippen LogP contribution in [0.5, 0.6) is 0 Å². The van der Waals surface area contributed by atoms with Gasteiger partial charge in [0.2, 0.25) is 0 Å². The van der Waals surface area contributed by atoms with Gasteiger partial charge < -0.3 is 10.2 Å². The average molecular weight is 346 g/mol. The minimum Gasteiger partial charge on any atom is -0.392 e. The Hall–Kier alpha value is -1.15. The molecule has 2 N–H and O–H groups in total. The monoisotopic (exact) mass is 346 g/mol. The maximum Gasteiger partial charge on any atom is 0.416 e. The van der Waals surface area contributed by atoms with Gasteiger partial charge in [-0.3, -0.25) is 9.80 Å². The van der Waals surface area contributed by atoms with Crippen LogP contribution in [-0.4, -0.2) is 64.9 Å². The molecule has 0 amide bonds.